The smallest absolute Gasteiger partial charge is 0.175 e. The first-order valence-corrected chi connectivity index (χ1v) is 12.2. The van der Waals surface area contributed by atoms with Gasteiger partial charge < -0.3 is 15.6 Å². The van der Waals surface area contributed by atoms with Crippen molar-refractivity contribution in [3.63, 3.8) is 0 Å². The van der Waals surface area contributed by atoms with E-state index in [9.17, 15) is 17.2 Å². The zero-order valence-corrected chi connectivity index (χ0v) is 18.5. The van der Waals surface area contributed by atoms with Crippen LogP contribution in [0.1, 0.15) is 6.42 Å². The van der Waals surface area contributed by atoms with Crippen LogP contribution in [0.15, 0.2) is 53.7 Å². The van der Waals surface area contributed by atoms with Crippen LogP contribution in [-0.2, 0) is 9.84 Å². The summed E-state index contributed by atoms with van der Waals surface area (Å²) in [5.41, 5.74) is 9.12. The summed E-state index contributed by atoms with van der Waals surface area (Å²) in [6, 6.07) is 8.58. The quantitative estimate of drug-likeness (QED) is 0.474. The number of H-pyrrole nitrogens is 1. The number of imidazole rings is 1. The predicted octanol–water partition coefficient (Wildman–Crippen LogP) is 3.51. The number of hydrogen-bond donors (Lipinski definition) is 2. The van der Waals surface area contributed by atoms with E-state index in [2.05, 4.69) is 19.9 Å². The molecular weight excluding hydrogens is 448 g/mol. The Labute approximate surface area is 189 Å². The van der Waals surface area contributed by atoms with Crippen LogP contribution in [0.2, 0.25) is 0 Å². The number of benzene rings is 2. The number of nitrogens with zero attached hydrogens (tertiary/aromatic N) is 3. The SMILES string of the molecule is CS(=O)(=O)c1cccc(-c2cncc(-c3nc4c(F)cc(F)cc4[nH]3)c2N2CC[C@H](N)C2)c1. The van der Waals surface area contributed by atoms with Crippen LogP contribution in [0.4, 0.5) is 14.5 Å². The fourth-order valence-corrected chi connectivity index (χ4v) is 4.90. The van der Waals surface area contributed by atoms with Gasteiger partial charge in [0.1, 0.15) is 17.2 Å². The van der Waals surface area contributed by atoms with Crippen LogP contribution in [0, 0.1) is 11.6 Å². The van der Waals surface area contributed by atoms with E-state index < -0.39 is 21.5 Å². The Hall–Kier alpha value is -3.37. The first kappa shape index (κ1) is 21.5. The van der Waals surface area contributed by atoms with Crippen molar-refractivity contribution in [2.24, 2.45) is 5.73 Å². The minimum atomic E-state index is -3.41. The molecule has 5 rings (SSSR count). The third-order valence-electron chi connectivity index (χ3n) is 5.79. The van der Waals surface area contributed by atoms with Crippen LogP contribution in [0.5, 0.6) is 0 Å². The maximum atomic E-state index is 14.3. The summed E-state index contributed by atoms with van der Waals surface area (Å²) in [5.74, 6) is -1.13. The van der Waals surface area contributed by atoms with Gasteiger partial charge in [0.05, 0.1) is 21.7 Å². The van der Waals surface area contributed by atoms with Crippen molar-refractivity contribution < 1.29 is 17.2 Å². The summed E-state index contributed by atoms with van der Waals surface area (Å²) in [6.45, 7) is 1.26. The lowest BCUT2D eigenvalue weighted by Gasteiger charge is -2.24. The lowest BCUT2D eigenvalue weighted by atomic mass is 10.0. The highest BCUT2D eigenvalue weighted by Gasteiger charge is 2.27. The molecule has 4 aromatic rings. The van der Waals surface area contributed by atoms with Gasteiger partial charge in [-0.1, -0.05) is 12.1 Å². The number of nitrogens with two attached hydrogens (primary N) is 1. The first-order valence-electron chi connectivity index (χ1n) is 10.3. The van der Waals surface area contributed by atoms with Crippen molar-refractivity contribution in [1.29, 1.82) is 0 Å². The van der Waals surface area contributed by atoms with Crippen molar-refractivity contribution in [3.8, 4) is 22.5 Å². The number of aromatic amines is 1. The summed E-state index contributed by atoms with van der Waals surface area (Å²) in [5, 5.41) is 0. The highest BCUT2D eigenvalue weighted by molar-refractivity contribution is 7.90. The molecule has 0 bridgehead atoms. The van der Waals surface area contributed by atoms with Crippen molar-refractivity contribution >= 4 is 26.6 Å². The first-order chi connectivity index (χ1) is 15.7. The van der Waals surface area contributed by atoms with Crippen LogP contribution in [0.3, 0.4) is 0 Å². The molecule has 0 aliphatic carbocycles. The molecule has 1 saturated heterocycles. The van der Waals surface area contributed by atoms with Crippen LogP contribution < -0.4 is 10.6 Å². The molecule has 1 aliphatic rings. The van der Waals surface area contributed by atoms with Crippen molar-refractivity contribution in [3.05, 3.63) is 60.4 Å². The molecule has 3 heterocycles. The standard InChI is InChI=1S/C23H21F2N5O2S/c1-33(31,32)16-4-2-3-13(7-16)17-10-27-11-18(22(17)30-6-5-15(26)12-30)23-28-20-9-14(24)8-19(25)21(20)29-23/h2-4,7-11,15H,5-6,12,26H2,1H3,(H,28,29)/t15-/m0/s1. The maximum Gasteiger partial charge on any atom is 0.175 e. The van der Waals surface area contributed by atoms with Crippen molar-refractivity contribution in [1.82, 2.24) is 15.0 Å². The summed E-state index contributed by atoms with van der Waals surface area (Å²) in [6.07, 6.45) is 5.20. The lowest BCUT2D eigenvalue weighted by molar-refractivity contribution is 0.590. The van der Waals surface area contributed by atoms with Gasteiger partial charge in [-0.05, 0) is 30.2 Å². The van der Waals surface area contributed by atoms with E-state index in [-0.39, 0.29) is 22.0 Å². The van der Waals surface area contributed by atoms with Gasteiger partial charge in [0.2, 0.25) is 0 Å². The maximum absolute atomic E-state index is 14.3. The van der Waals surface area contributed by atoms with E-state index >= 15 is 0 Å². The molecule has 0 radical (unpaired) electrons. The van der Waals surface area contributed by atoms with Gasteiger partial charge in [-0.25, -0.2) is 22.2 Å². The van der Waals surface area contributed by atoms with E-state index in [1.54, 1.807) is 24.5 Å². The number of aromatic nitrogens is 3. The average Bonchev–Trinajstić information content (AvgIpc) is 3.39. The number of halogens is 2. The minimum Gasteiger partial charge on any atom is -0.369 e. The monoisotopic (exact) mass is 469 g/mol. The Morgan fingerprint density at radius 3 is 2.67 bits per heavy atom. The molecule has 10 heteroatoms. The summed E-state index contributed by atoms with van der Waals surface area (Å²) in [7, 11) is -3.41. The second kappa shape index (κ2) is 7.89. The summed E-state index contributed by atoms with van der Waals surface area (Å²) < 4.78 is 52.3. The Bertz CT molecular complexity index is 1490. The van der Waals surface area contributed by atoms with Gasteiger partial charge in [-0.15, -0.1) is 0 Å². The zero-order valence-electron chi connectivity index (χ0n) is 17.7. The number of fused-ring (bicyclic) bond motifs is 1. The molecule has 2 aromatic heterocycles. The van der Waals surface area contributed by atoms with E-state index in [0.717, 1.165) is 24.4 Å². The molecule has 0 saturated carbocycles. The Balaban J connectivity index is 1.74. The number of sulfone groups is 1. The molecule has 1 aliphatic heterocycles. The van der Waals surface area contributed by atoms with Crippen LogP contribution in [0.25, 0.3) is 33.5 Å². The van der Waals surface area contributed by atoms with E-state index in [1.807, 2.05) is 6.07 Å². The Morgan fingerprint density at radius 1 is 1.15 bits per heavy atom. The Morgan fingerprint density at radius 2 is 1.94 bits per heavy atom. The molecular formula is C23H21F2N5O2S. The highest BCUT2D eigenvalue weighted by atomic mass is 32.2. The van der Waals surface area contributed by atoms with Gasteiger partial charge in [0.25, 0.3) is 0 Å². The van der Waals surface area contributed by atoms with Gasteiger partial charge in [0.15, 0.2) is 15.7 Å². The van der Waals surface area contributed by atoms with Gasteiger partial charge >= 0.3 is 0 Å². The topological polar surface area (TPSA) is 105 Å². The zero-order chi connectivity index (χ0) is 23.3. The molecule has 2 aromatic carbocycles. The molecule has 0 unspecified atom stereocenters. The molecule has 3 N–H and O–H groups in total. The molecule has 0 spiro atoms. The predicted molar refractivity (Wildman–Crippen MR) is 123 cm³/mol. The molecule has 33 heavy (non-hydrogen) atoms. The van der Waals surface area contributed by atoms with Crippen LogP contribution >= 0.6 is 0 Å². The summed E-state index contributed by atoms with van der Waals surface area (Å²) in [4.78, 5) is 14.0. The van der Waals surface area contributed by atoms with Gasteiger partial charge in [-0.2, -0.15) is 0 Å². The minimum absolute atomic E-state index is 0.0246. The lowest BCUT2D eigenvalue weighted by Crippen LogP contribution is -2.27. The average molecular weight is 470 g/mol. The van der Waals surface area contributed by atoms with Gasteiger partial charge in [0, 0.05) is 49.4 Å². The fourth-order valence-electron chi connectivity index (χ4n) is 4.23. The molecule has 1 fully saturated rings. The van der Waals surface area contributed by atoms with Crippen LogP contribution in [-0.4, -0.2) is 48.8 Å². The normalized spacial score (nSPS) is 16.6. The number of pyridine rings is 1. The van der Waals surface area contributed by atoms with Crippen molar-refractivity contribution in [2.45, 2.75) is 17.4 Å². The number of anilines is 1. The molecule has 1 atom stereocenters. The second-order valence-corrected chi connectivity index (χ2v) is 10.3. The van der Waals surface area contributed by atoms with Gasteiger partial charge in [-0.3, -0.25) is 4.98 Å². The van der Waals surface area contributed by atoms with E-state index in [1.165, 1.54) is 12.1 Å². The number of nitrogens with one attached hydrogen (secondary N) is 1. The molecule has 170 valence electrons. The Kier molecular flexibility index (Phi) is 5.13. The van der Waals surface area contributed by atoms with E-state index in [0.29, 0.717) is 35.6 Å². The van der Waals surface area contributed by atoms with E-state index in [4.69, 9.17) is 5.73 Å². The second-order valence-electron chi connectivity index (χ2n) is 8.25. The number of rotatable bonds is 4. The number of hydrogen-bond acceptors (Lipinski definition) is 6. The summed E-state index contributed by atoms with van der Waals surface area (Å²) >= 11 is 0. The third kappa shape index (κ3) is 3.96. The largest absolute Gasteiger partial charge is 0.369 e. The molecule has 0 amide bonds. The third-order valence-corrected chi connectivity index (χ3v) is 6.90. The molecule has 7 nitrogen and oxygen atoms in total. The fraction of sp³-hybridized carbons (Fsp3) is 0.217. The van der Waals surface area contributed by atoms with Crippen molar-refractivity contribution in [2.75, 3.05) is 24.2 Å². The highest BCUT2D eigenvalue weighted by Crippen LogP contribution is 2.40.